The van der Waals surface area contributed by atoms with E-state index < -0.39 is 23.7 Å². The lowest BCUT2D eigenvalue weighted by Gasteiger charge is -2.33. The topological polar surface area (TPSA) is 72.9 Å². The summed E-state index contributed by atoms with van der Waals surface area (Å²) in [7, 11) is 0. The Balaban J connectivity index is 2.04. The third-order valence-corrected chi connectivity index (χ3v) is 4.54. The molecule has 0 aliphatic carbocycles. The average Bonchev–Trinajstić information content (AvgIpc) is 2.93. The molecule has 0 aromatic heterocycles. The van der Waals surface area contributed by atoms with Crippen molar-refractivity contribution < 1.29 is 23.9 Å². The summed E-state index contributed by atoms with van der Waals surface area (Å²) in [5.41, 5.74) is -0.394. The molecule has 2 aromatic rings. The molecule has 1 aliphatic rings. The predicted molar refractivity (Wildman–Crippen MR) is 97.5 cm³/mol. The van der Waals surface area contributed by atoms with E-state index in [4.69, 9.17) is 9.47 Å². The standard InChI is InChI=1S/C21H21NO5/c1-3-26-17(23)14-21(2)20(25)27-19(16-12-8-5-9-13-16)22(21)18(24)15-10-6-4-7-11-15/h4-13,19H,3,14H2,1-2H3/t19?,21-/m0/s1. The van der Waals surface area contributed by atoms with E-state index in [1.54, 1.807) is 61.5 Å². The van der Waals surface area contributed by atoms with Crippen LogP contribution >= 0.6 is 0 Å². The molecule has 1 aliphatic heterocycles. The van der Waals surface area contributed by atoms with Gasteiger partial charge in [0, 0.05) is 11.1 Å². The fourth-order valence-corrected chi connectivity index (χ4v) is 3.17. The van der Waals surface area contributed by atoms with Crippen LogP contribution in [-0.4, -0.2) is 34.9 Å². The Labute approximate surface area is 157 Å². The van der Waals surface area contributed by atoms with Gasteiger partial charge in [0.15, 0.2) is 5.54 Å². The normalized spacial score (nSPS) is 21.6. The van der Waals surface area contributed by atoms with Crippen molar-refractivity contribution in [3.05, 3.63) is 71.8 Å². The lowest BCUT2D eigenvalue weighted by Crippen LogP contribution is -2.51. The number of hydrogen-bond acceptors (Lipinski definition) is 5. The molecule has 27 heavy (non-hydrogen) atoms. The van der Waals surface area contributed by atoms with Crippen molar-refractivity contribution in [2.45, 2.75) is 32.0 Å². The van der Waals surface area contributed by atoms with E-state index in [1.165, 1.54) is 11.8 Å². The SMILES string of the molecule is CCOC(=O)C[C@@]1(C)C(=O)OC(c2ccccc2)N1C(=O)c1ccccc1. The van der Waals surface area contributed by atoms with Crippen molar-refractivity contribution in [3.8, 4) is 0 Å². The van der Waals surface area contributed by atoms with Gasteiger partial charge in [0.25, 0.3) is 5.91 Å². The van der Waals surface area contributed by atoms with Gasteiger partial charge in [0.2, 0.25) is 6.23 Å². The molecular formula is C21H21NO5. The van der Waals surface area contributed by atoms with E-state index in [0.717, 1.165) is 0 Å². The Bertz CT molecular complexity index is 836. The van der Waals surface area contributed by atoms with Crippen molar-refractivity contribution in [3.63, 3.8) is 0 Å². The first kappa shape index (κ1) is 18.6. The Morgan fingerprint density at radius 1 is 1.07 bits per heavy atom. The van der Waals surface area contributed by atoms with Crippen molar-refractivity contribution >= 4 is 17.8 Å². The van der Waals surface area contributed by atoms with Crippen molar-refractivity contribution in [2.24, 2.45) is 0 Å². The number of cyclic esters (lactones) is 1. The van der Waals surface area contributed by atoms with Crippen LogP contribution in [0.1, 0.15) is 42.4 Å². The highest BCUT2D eigenvalue weighted by Gasteiger charge is 2.56. The van der Waals surface area contributed by atoms with Crippen LogP contribution in [0.5, 0.6) is 0 Å². The highest BCUT2D eigenvalue weighted by Crippen LogP contribution is 2.41. The Hall–Kier alpha value is -3.15. The molecule has 1 heterocycles. The smallest absolute Gasteiger partial charge is 0.334 e. The van der Waals surface area contributed by atoms with Gasteiger partial charge in [0.1, 0.15) is 0 Å². The van der Waals surface area contributed by atoms with E-state index in [9.17, 15) is 14.4 Å². The molecule has 1 unspecified atom stereocenters. The minimum atomic E-state index is -1.46. The maximum Gasteiger partial charge on any atom is 0.334 e. The molecule has 1 fully saturated rings. The van der Waals surface area contributed by atoms with E-state index >= 15 is 0 Å². The average molecular weight is 367 g/mol. The molecule has 2 atom stereocenters. The minimum absolute atomic E-state index is 0.193. The number of esters is 2. The van der Waals surface area contributed by atoms with Crippen molar-refractivity contribution in [1.82, 2.24) is 4.90 Å². The number of ether oxygens (including phenoxy) is 2. The van der Waals surface area contributed by atoms with Crippen LogP contribution < -0.4 is 0 Å². The van der Waals surface area contributed by atoms with Gasteiger partial charge in [-0.1, -0.05) is 48.5 Å². The molecule has 1 amide bonds. The second kappa shape index (κ2) is 7.61. The second-order valence-electron chi connectivity index (χ2n) is 6.47. The Morgan fingerprint density at radius 2 is 1.67 bits per heavy atom. The van der Waals surface area contributed by atoms with Crippen molar-refractivity contribution in [2.75, 3.05) is 6.61 Å². The third-order valence-electron chi connectivity index (χ3n) is 4.54. The highest BCUT2D eigenvalue weighted by molar-refractivity contribution is 6.01. The number of benzene rings is 2. The zero-order valence-corrected chi connectivity index (χ0v) is 15.3. The monoisotopic (exact) mass is 367 g/mol. The molecule has 2 aromatic carbocycles. The van der Waals surface area contributed by atoms with E-state index in [-0.39, 0.29) is 18.9 Å². The van der Waals surface area contributed by atoms with Gasteiger partial charge in [-0.2, -0.15) is 0 Å². The lowest BCUT2D eigenvalue weighted by molar-refractivity contribution is -0.152. The first-order valence-electron chi connectivity index (χ1n) is 8.77. The fourth-order valence-electron chi connectivity index (χ4n) is 3.17. The molecule has 0 bridgehead atoms. The molecule has 3 rings (SSSR count). The number of nitrogens with zero attached hydrogens (tertiary/aromatic N) is 1. The lowest BCUT2D eigenvalue weighted by atomic mass is 9.94. The molecule has 0 N–H and O–H groups in total. The number of amides is 1. The second-order valence-corrected chi connectivity index (χ2v) is 6.47. The zero-order valence-electron chi connectivity index (χ0n) is 15.3. The number of carbonyl (C=O) groups excluding carboxylic acids is 3. The highest BCUT2D eigenvalue weighted by atomic mass is 16.6. The van der Waals surface area contributed by atoms with Gasteiger partial charge >= 0.3 is 11.9 Å². The van der Waals surface area contributed by atoms with Crippen LogP contribution in [-0.2, 0) is 19.1 Å². The molecule has 0 radical (unpaired) electrons. The van der Waals surface area contributed by atoms with Crippen LogP contribution in [0.3, 0.4) is 0 Å². The first-order chi connectivity index (χ1) is 13.0. The summed E-state index contributed by atoms with van der Waals surface area (Å²) in [5, 5.41) is 0. The molecule has 6 heteroatoms. The maximum atomic E-state index is 13.3. The van der Waals surface area contributed by atoms with Crippen molar-refractivity contribution in [1.29, 1.82) is 0 Å². The fraction of sp³-hybridized carbons (Fsp3) is 0.286. The molecule has 1 saturated heterocycles. The third kappa shape index (κ3) is 3.56. The molecule has 0 saturated carbocycles. The summed E-state index contributed by atoms with van der Waals surface area (Å²) in [6, 6.07) is 17.6. The summed E-state index contributed by atoms with van der Waals surface area (Å²) in [5.74, 6) is -1.58. The summed E-state index contributed by atoms with van der Waals surface area (Å²) < 4.78 is 10.6. The van der Waals surface area contributed by atoms with Crippen LogP contribution in [0.2, 0.25) is 0 Å². The van der Waals surface area contributed by atoms with Crippen LogP contribution in [0.4, 0.5) is 0 Å². The first-order valence-corrected chi connectivity index (χ1v) is 8.77. The predicted octanol–water partition coefficient (Wildman–Crippen LogP) is 3.10. The number of carbonyl (C=O) groups is 3. The van der Waals surface area contributed by atoms with E-state index in [0.29, 0.717) is 11.1 Å². The molecule has 140 valence electrons. The summed E-state index contributed by atoms with van der Waals surface area (Å²) in [4.78, 5) is 39.5. The van der Waals surface area contributed by atoms with Gasteiger partial charge in [-0.3, -0.25) is 14.5 Å². The Kier molecular flexibility index (Phi) is 5.26. The Morgan fingerprint density at radius 3 is 2.26 bits per heavy atom. The summed E-state index contributed by atoms with van der Waals surface area (Å²) >= 11 is 0. The van der Waals surface area contributed by atoms with Gasteiger partial charge < -0.3 is 9.47 Å². The van der Waals surface area contributed by atoms with Gasteiger partial charge in [-0.05, 0) is 26.0 Å². The largest absolute Gasteiger partial charge is 0.466 e. The molecule has 0 spiro atoms. The van der Waals surface area contributed by atoms with Gasteiger partial charge in [-0.15, -0.1) is 0 Å². The summed E-state index contributed by atoms with van der Waals surface area (Å²) in [6.07, 6.45) is -1.19. The number of rotatable bonds is 5. The number of hydrogen-bond donors (Lipinski definition) is 0. The van der Waals surface area contributed by atoms with Crippen LogP contribution in [0.15, 0.2) is 60.7 Å². The van der Waals surface area contributed by atoms with Gasteiger partial charge in [0.05, 0.1) is 13.0 Å². The summed E-state index contributed by atoms with van der Waals surface area (Å²) in [6.45, 7) is 3.42. The zero-order chi connectivity index (χ0) is 19.4. The maximum absolute atomic E-state index is 13.3. The molecular weight excluding hydrogens is 346 g/mol. The van der Waals surface area contributed by atoms with Crippen LogP contribution in [0.25, 0.3) is 0 Å². The van der Waals surface area contributed by atoms with E-state index in [2.05, 4.69) is 0 Å². The molecule has 6 nitrogen and oxygen atoms in total. The quantitative estimate of drug-likeness (QED) is 0.760. The minimum Gasteiger partial charge on any atom is -0.466 e. The van der Waals surface area contributed by atoms with Crippen LogP contribution in [0, 0.1) is 0 Å². The van der Waals surface area contributed by atoms with Gasteiger partial charge in [-0.25, -0.2) is 4.79 Å². The van der Waals surface area contributed by atoms with E-state index in [1.807, 2.05) is 6.07 Å².